The molecule has 5 nitrogen and oxygen atoms in total. The minimum Gasteiger partial charge on any atom is -0.391 e. The van der Waals surface area contributed by atoms with E-state index in [0.717, 1.165) is 31.4 Å². The highest BCUT2D eigenvalue weighted by atomic mass is 16.3. The van der Waals surface area contributed by atoms with Gasteiger partial charge in [0.15, 0.2) is 6.10 Å². The second-order valence-electron chi connectivity index (χ2n) is 5.69. The third-order valence-corrected chi connectivity index (χ3v) is 4.44. The van der Waals surface area contributed by atoms with Gasteiger partial charge >= 0.3 is 0 Å². The SMILES string of the molecule is CN(c1ccc2c(c1)NC(=O)C2O)C1CCCCC1O. The van der Waals surface area contributed by atoms with Crippen molar-refractivity contribution >= 4 is 17.3 Å². The van der Waals surface area contributed by atoms with E-state index in [1.807, 2.05) is 19.2 Å². The Bertz CT molecular complexity index is 532. The largest absolute Gasteiger partial charge is 0.391 e. The number of hydrogen-bond donors (Lipinski definition) is 3. The van der Waals surface area contributed by atoms with Crippen LogP contribution in [0.1, 0.15) is 37.4 Å². The lowest BCUT2D eigenvalue weighted by Gasteiger charge is -2.36. The average Bonchev–Trinajstić information content (AvgIpc) is 2.73. The van der Waals surface area contributed by atoms with E-state index in [2.05, 4.69) is 10.2 Å². The highest BCUT2D eigenvalue weighted by Crippen LogP contribution is 2.35. The number of anilines is 2. The van der Waals surface area contributed by atoms with Crippen molar-refractivity contribution in [2.24, 2.45) is 0 Å². The number of nitrogens with zero attached hydrogens (tertiary/aromatic N) is 1. The number of rotatable bonds is 2. The van der Waals surface area contributed by atoms with Gasteiger partial charge in [0.1, 0.15) is 0 Å². The van der Waals surface area contributed by atoms with E-state index in [-0.39, 0.29) is 18.1 Å². The van der Waals surface area contributed by atoms with Gasteiger partial charge in [-0.25, -0.2) is 0 Å². The molecule has 1 heterocycles. The molecule has 0 saturated heterocycles. The quantitative estimate of drug-likeness (QED) is 0.763. The van der Waals surface area contributed by atoms with Crippen LogP contribution in [0.3, 0.4) is 0 Å². The Hall–Kier alpha value is -1.59. The van der Waals surface area contributed by atoms with Crippen molar-refractivity contribution in [3.63, 3.8) is 0 Å². The third kappa shape index (κ3) is 2.17. The first-order valence-electron chi connectivity index (χ1n) is 7.11. The number of nitrogens with one attached hydrogen (secondary N) is 1. The van der Waals surface area contributed by atoms with Gasteiger partial charge < -0.3 is 20.4 Å². The molecule has 1 saturated carbocycles. The fraction of sp³-hybridized carbons (Fsp3) is 0.533. The molecule has 1 aliphatic heterocycles. The predicted octanol–water partition coefficient (Wildman–Crippen LogP) is 1.41. The topological polar surface area (TPSA) is 72.8 Å². The Balaban J connectivity index is 1.84. The first-order valence-corrected chi connectivity index (χ1v) is 7.11. The maximum Gasteiger partial charge on any atom is 0.257 e. The van der Waals surface area contributed by atoms with Crippen LogP contribution in [-0.4, -0.2) is 35.3 Å². The van der Waals surface area contributed by atoms with E-state index in [4.69, 9.17) is 0 Å². The fourth-order valence-electron chi connectivity index (χ4n) is 3.19. The summed E-state index contributed by atoms with van der Waals surface area (Å²) in [6.45, 7) is 0. The molecular weight excluding hydrogens is 256 g/mol. The summed E-state index contributed by atoms with van der Waals surface area (Å²) in [5.41, 5.74) is 2.23. The molecule has 0 bridgehead atoms. The van der Waals surface area contributed by atoms with E-state index in [1.54, 1.807) is 6.07 Å². The number of carbonyl (C=O) groups is 1. The van der Waals surface area contributed by atoms with Gasteiger partial charge in [0.25, 0.3) is 5.91 Å². The van der Waals surface area contributed by atoms with Crippen LogP contribution < -0.4 is 10.2 Å². The van der Waals surface area contributed by atoms with Gasteiger partial charge in [0.05, 0.1) is 12.1 Å². The minimum atomic E-state index is -1.07. The molecule has 20 heavy (non-hydrogen) atoms. The van der Waals surface area contributed by atoms with Gasteiger partial charge in [-0.3, -0.25) is 4.79 Å². The molecule has 0 aromatic heterocycles. The molecule has 1 aromatic carbocycles. The molecule has 3 unspecified atom stereocenters. The highest BCUT2D eigenvalue weighted by Gasteiger charge is 2.31. The van der Waals surface area contributed by atoms with Crippen molar-refractivity contribution in [3.8, 4) is 0 Å². The zero-order chi connectivity index (χ0) is 14.3. The molecule has 0 radical (unpaired) electrons. The summed E-state index contributed by atoms with van der Waals surface area (Å²) in [7, 11) is 1.97. The van der Waals surface area contributed by atoms with Crippen molar-refractivity contribution in [3.05, 3.63) is 23.8 Å². The molecule has 0 spiro atoms. The lowest BCUT2D eigenvalue weighted by molar-refractivity contribution is -0.123. The summed E-state index contributed by atoms with van der Waals surface area (Å²) in [6.07, 6.45) is 2.66. The van der Waals surface area contributed by atoms with Gasteiger partial charge in [-0.2, -0.15) is 0 Å². The smallest absolute Gasteiger partial charge is 0.257 e. The maximum absolute atomic E-state index is 11.5. The van der Waals surface area contributed by atoms with E-state index < -0.39 is 6.10 Å². The molecule has 2 aliphatic rings. The second kappa shape index (κ2) is 5.07. The monoisotopic (exact) mass is 276 g/mol. The Labute approximate surface area is 118 Å². The second-order valence-corrected chi connectivity index (χ2v) is 5.69. The van der Waals surface area contributed by atoms with Crippen molar-refractivity contribution < 1.29 is 15.0 Å². The number of carbonyl (C=O) groups excluding carboxylic acids is 1. The minimum absolute atomic E-state index is 0.115. The van der Waals surface area contributed by atoms with Crippen LogP contribution in [0.15, 0.2) is 18.2 Å². The van der Waals surface area contributed by atoms with Gasteiger partial charge in [-0.05, 0) is 25.0 Å². The van der Waals surface area contributed by atoms with Gasteiger partial charge in [-0.15, -0.1) is 0 Å². The van der Waals surface area contributed by atoms with Crippen molar-refractivity contribution in [2.75, 3.05) is 17.3 Å². The van der Waals surface area contributed by atoms with Crippen LogP contribution in [0.4, 0.5) is 11.4 Å². The summed E-state index contributed by atoms with van der Waals surface area (Å²) >= 11 is 0. The molecule has 3 atom stereocenters. The number of aliphatic hydroxyl groups excluding tert-OH is 2. The summed E-state index contributed by atoms with van der Waals surface area (Å²) < 4.78 is 0. The number of fused-ring (bicyclic) bond motifs is 1. The Kier molecular flexibility index (Phi) is 3.40. The summed E-state index contributed by atoms with van der Waals surface area (Å²) in [6, 6.07) is 5.65. The molecule has 5 heteroatoms. The van der Waals surface area contributed by atoms with Crippen LogP contribution in [0.2, 0.25) is 0 Å². The number of amides is 1. The van der Waals surface area contributed by atoms with Gasteiger partial charge in [-0.1, -0.05) is 18.9 Å². The number of likely N-dealkylation sites (N-methyl/N-ethyl adjacent to an activating group) is 1. The maximum atomic E-state index is 11.5. The van der Waals surface area contributed by atoms with E-state index in [9.17, 15) is 15.0 Å². The first-order chi connectivity index (χ1) is 9.58. The molecular formula is C15H20N2O3. The van der Waals surface area contributed by atoms with E-state index in [1.165, 1.54) is 0 Å². The normalized spacial score (nSPS) is 28.9. The zero-order valence-corrected chi connectivity index (χ0v) is 11.5. The van der Waals surface area contributed by atoms with Crippen LogP contribution in [-0.2, 0) is 4.79 Å². The fourth-order valence-corrected chi connectivity index (χ4v) is 3.19. The molecule has 1 aliphatic carbocycles. The van der Waals surface area contributed by atoms with Crippen LogP contribution in [0, 0.1) is 0 Å². The molecule has 1 fully saturated rings. The summed E-state index contributed by atoms with van der Waals surface area (Å²) in [4.78, 5) is 13.5. The predicted molar refractivity (Wildman–Crippen MR) is 76.7 cm³/mol. The van der Waals surface area contributed by atoms with E-state index in [0.29, 0.717) is 11.3 Å². The average molecular weight is 276 g/mol. The van der Waals surface area contributed by atoms with Crippen molar-refractivity contribution in [2.45, 2.75) is 43.9 Å². The molecule has 1 aromatic rings. The van der Waals surface area contributed by atoms with E-state index >= 15 is 0 Å². The Morgan fingerprint density at radius 3 is 2.75 bits per heavy atom. The van der Waals surface area contributed by atoms with Gasteiger partial charge in [0.2, 0.25) is 0 Å². The number of aliphatic hydroxyl groups is 2. The summed E-state index contributed by atoms with van der Waals surface area (Å²) in [5, 5.41) is 22.5. The Morgan fingerprint density at radius 2 is 2.00 bits per heavy atom. The first kappa shape index (κ1) is 13.4. The molecule has 3 N–H and O–H groups in total. The number of hydrogen-bond acceptors (Lipinski definition) is 4. The lowest BCUT2D eigenvalue weighted by Crippen LogP contribution is -2.43. The molecule has 1 amide bonds. The van der Waals surface area contributed by atoms with Crippen LogP contribution in [0.25, 0.3) is 0 Å². The number of benzene rings is 1. The Morgan fingerprint density at radius 1 is 1.25 bits per heavy atom. The molecule has 3 rings (SSSR count). The van der Waals surface area contributed by atoms with Crippen molar-refractivity contribution in [1.82, 2.24) is 0 Å². The third-order valence-electron chi connectivity index (χ3n) is 4.44. The summed E-state index contributed by atoms with van der Waals surface area (Å²) in [5.74, 6) is -0.377. The van der Waals surface area contributed by atoms with Gasteiger partial charge in [0, 0.05) is 24.0 Å². The zero-order valence-electron chi connectivity index (χ0n) is 11.5. The van der Waals surface area contributed by atoms with Crippen LogP contribution in [0.5, 0.6) is 0 Å². The van der Waals surface area contributed by atoms with Crippen LogP contribution >= 0.6 is 0 Å². The highest BCUT2D eigenvalue weighted by molar-refractivity contribution is 6.02. The molecule has 108 valence electrons. The van der Waals surface area contributed by atoms with Crippen molar-refractivity contribution in [1.29, 1.82) is 0 Å². The lowest BCUT2D eigenvalue weighted by atomic mass is 9.91. The standard InChI is InChI=1S/C15H20N2O3/c1-17(12-4-2-3-5-13(12)18)9-6-7-10-11(8-9)16-15(20)14(10)19/h6-8,12-14,18-19H,2-5H2,1H3,(H,16,20).